The second-order valence-corrected chi connectivity index (χ2v) is 8.12. The van der Waals surface area contributed by atoms with Crippen LogP contribution in [0.3, 0.4) is 0 Å². The highest BCUT2D eigenvalue weighted by Crippen LogP contribution is 2.46. The van der Waals surface area contributed by atoms with Gasteiger partial charge in [-0.1, -0.05) is 45.4 Å². The fourth-order valence-electron chi connectivity index (χ4n) is 5.10. The van der Waals surface area contributed by atoms with E-state index in [4.69, 9.17) is 9.47 Å². The molecule has 2 aliphatic rings. The van der Waals surface area contributed by atoms with Crippen molar-refractivity contribution in [1.29, 1.82) is 0 Å². The van der Waals surface area contributed by atoms with E-state index < -0.39 is 0 Å². The monoisotopic (exact) mass is 324 g/mol. The van der Waals surface area contributed by atoms with Crippen LogP contribution in [0.2, 0.25) is 0 Å². The summed E-state index contributed by atoms with van der Waals surface area (Å²) in [4.78, 5) is 0. The molecule has 2 saturated carbocycles. The molecule has 0 heterocycles. The summed E-state index contributed by atoms with van der Waals surface area (Å²) in [5.74, 6) is 1.74. The van der Waals surface area contributed by atoms with Crippen molar-refractivity contribution < 1.29 is 9.47 Å². The molecule has 0 saturated heterocycles. The average molecular weight is 325 g/mol. The molecule has 0 unspecified atom stereocenters. The van der Waals surface area contributed by atoms with Gasteiger partial charge in [-0.25, -0.2) is 0 Å². The molecule has 0 aliphatic heterocycles. The van der Waals surface area contributed by atoms with E-state index in [1.165, 1.54) is 89.9 Å². The number of hydrogen-bond acceptors (Lipinski definition) is 2. The number of methoxy groups -OCH3 is 2. The first kappa shape index (κ1) is 19.2. The zero-order chi connectivity index (χ0) is 16.5. The molecule has 0 amide bonds. The van der Waals surface area contributed by atoms with Gasteiger partial charge in [-0.05, 0) is 63.2 Å². The van der Waals surface area contributed by atoms with Crippen molar-refractivity contribution in [3.8, 4) is 0 Å². The predicted octanol–water partition coefficient (Wildman–Crippen LogP) is 6.13. The van der Waals surface area contributed by atoms with Gasteiger partial charge >= 0.3 is 0 Å². The Morgan fingerprint density at radius 3 is 2.04 bits per heavy atom. The summed E-state index contributed by atoms with van der Waals surface area (Å²) in [5, 5.41) is 0. The highest BCUT2D eigenvalue weighted by atomic mass is 16.5. The van der Waals surface area contributed by atoms with E-state index in [1.54, 1.807) is 0 Å². The minimum absolute atomic E-state index is 0.192. The third kappa shape index (κ3) is 5.46. The van der Waals surface area contributed by atoms with Gasteiger partial charge in [0.1, 0.15) is 0 Å². The Kier molecular flexibility index (Phi) is 8.40. The quantitative estimate of drug-likeness (QED) is 0.475. The molecule has 0 spiro atoms. The number of ether oxygens (including phenoxy) is 2. The Hall–Kier alpha value is -0.0800. The van der Waals surface area contributed by atoms with E-state index in [0.29, 0.717) is 6.10 Å². The summed E-state index contributed by atoms with van der Waals surface area (Å²) in [7, 11) is 3.83. The molecule has 2 fully saturated rings. The van der Waals surface area contributed by atoms with Crippen LogP contribution in [0, 0.1) is 11.8 Å². The second-order valence-electron chi connectivity index (χ2n) is 8.12. The summed E-state index contributed by atoms with van der Waals surface area (Å²) in [6, 6.07) is 0. The third-order valence-corrected chi connectivity index (χ3v) is 6.83. The van der Waals surface area contributed by atoms with Crippen LogP contribution in [-0.4, -0.2) is 25.9 Å². The van der Waals surface area contributed by atoms with Gasteiger partial charge in [-0.2, -0.15) is 0 Å². The van der Waals surface area contributed by atoms with Crippen molar-refractivity contribution >= 4 is 0 Å². The molecule has 136 valence electrons. The van der Waals surface area contributed by atoms with Crippen LogP contribution in [0.15, 0.2) is 0 Å². The van der Waals surface area contributed by atoms with Crippen LogP contribution < -0.4 is 0 Å². The first-order chi connectivity index (χ1) is 11.2. The van der Waals surface area contributed by atoms with Gasteiger partial charge in [0.15, 0.2) is 0 Å². The van der Waals surface area contributed by atoms with E-state index in [2.05, 4.69) is 6.92 Å². The lowest BCUT2D eigenvalue weighted by atomic mass is 9.66. The smallest absolute Gasteiger partial charge is 0.0707 e. The summed E-state index contributed by atoms with van der Waals surface area (Å²) in [5.41, 5.74) is 0.192. The lowest BCUT2D eigenvalue weighted by Crippen LogP contribution is -2.45. The van der Waals surface area contributed by atoms with Gasteiger partial charge in [-0.15, -0.1) is 0 Å². The van der Waals surface area contributed by atoms with Crippen molar-refractivity contribution in [2.45, 2.75) is 109 Å². The molecule has 0 N–H and O–H groups in total. The van der Waals surface area contributed by atoms with Crippen LogP contribution in [0.1, 0.15) is 96.8 Å². The van der Waals surface area contributed by atoms with Gasteiger partial charge < -0.3 is 9.47 Å². The van der Waals surface area contributed by atoms with Gasteiger partial charge in [0.25, 0.3) is 0 Å². The van der Waals surface area contributed by atoms with Crippen LogP contribution in [0.4, 0.5) is 0 Å². The summed E-state index contributed by atoms with van der Waals surface area (Å²) >= 11 is 0. The van der Waals surface area contributed by atoms with Crippen LogP contribution >= 0.6 is 0 Å². The fraction of sp³-hybridized carbons (Fsp3) is 1.00. The Labute approximate surface area is 144 Å². The molecule has 2 nitrogen and oxygen atoms in total. The Balaban J connectivity index is 1.72. The SMILES string of the molecule is CCCCCCC[C@H]1CC[C@@](OC)([C@H]2CC[C@H](OC)CC2)CC1. The molecule has 0 aromatic rings. The Bertz CT molecular complexity index is 299. The molecule has 2 heteroatoms. The normalized spacial score (nSPS) is 35.3. The average Bonchev–Trinajstić information content (AvgIpc) is 2.62. The highest BCUT2D eigenvalue weighted by Gasteiger charge is 2.43. The van der Waals surface area contributed by atoms with Crippen molar-refractivity contribution in [3.05, 3.63) is 0 Å². The van der Waals surface area contributed by atoms with Gasteiger partial charge in [-0.3, -0.25) is 0 Å². The predicted molar refractivity (Wildman–Crippen MR) is 97.8 cm³/mol. The molecule has 0 atom stereocenters. The zero-order valence-corrected chi connectivity index (χ0v) is 15.9. The molecular weight excluding hydrogens is 284 g/mol. The van der Waals surface area contributed by atoms with E-state index in [1.807, 2.05) is 14.2 Å². The standard InChI is InChI=1S/C21H40O2/c1-4-5-6-7-8-9-18-14-16-21(23-3,17-15-18)19-10-12-20(22-2)13-11-19/h18-20H,4-17H2,1-3H3/t18-,19-,20-,21-. The minimum atomic E-state index is 0.192. The molecule has 0 bridgehead atoms. The van der Waals surface area contributed by atoms with Crippen molar-refractivity contribution in [2.24, 2.45) is 11.8 Å². The Morgan fingerprint density at radius 1 is 0.826 bits per heavy atom. The van der Waals surface area contributed by atoms with E-state index >= 15 is 0 Å². The number of unbranched alkanes of at least 4 members (excludes halogenated alkanes) is 4. The van der Waals surface area contributed by atoms with E-state index in [9.17, 15) is 0 Å². The maximum absolute atomic E-state index is 6.15. The maximum atomic E-state index is 6.15. The largest absolute Gasteiger partial charge is 0.381 e. The molecule has 2 rings (SSSR count). The maximum Gasteiger partial charge on any atom is 0.0707 e. The second kappa shape index (κ2) is 10.0. The molecular formula is C21H40O2. The van der Waals surface area contributed by atoms with Crippen LogP contribution in [0.25, 0.3) is 0 Å². The molecule has 23 heavy (non-hydrogen) atoms. The first-order valence-corrected chi connectivity index (χ1v) is 10.3. The molecule has 0 radical (unpaired) electrons. The van der Waals surface area contributed by atoms with E-state index in [-0.39, 0.29) is 5.60 Å². The summed E-state index contributed by atoms with van der Waals surface area (Å²) < 4.78 is 11.7. The summed E-state index contributed by atoms with van der Waals surface area (Å²) in [6.45, 7) is 2.30. The van der Waals surface area contributed by atoms with Gasteiger partial charge in [0.05, 0.1) is 11.7 Å². The zero-order valence-electron chi connectivity index (χ0n) is 15.9. The third-order valence-electron chi connectivity index (χ3n) is 6.83. The number of hydrogen-bond donors (Lipinski definition) is 0. The highest BCUT2D eigenvalue weighted by molar-refractivity contribution is 4.94. The molecule has 0 aromatic heterocycles. The topological polar surface area (TPSA) is 18.5 Å². The van der Waals surface area contributed by atoms with Crippen LogP contribution in [-0.2, 0) is 9.47 Å². The first-order valence-electron chi connectivity index (χ1n) is 10.3. The van der Waals surface area contributed by atoms with Gasteiger partial charge in [0.2, 0.25) is 0 Å². The molecule has 2 aliphatic carbocycles. The Morgan fingerprint density at radius 2 is 1.48 bits per heavy atom. The van der Waals surface area contributed by atoms with Crippen molar-refractivity contribution in [3.63, 3.8) is 0 Å². The fourth-order valence-corrected chi connectivity index (χ4v) is 5.10. The molecule has 0 aromatic carbocycles. The summed E-state index contributed by atoms with van der Waals surface area (Å²) in [6.07, 6.45) is 19.5. The van der Waals surface area contributed by atoms with Crippen molar-refractivity contribution in [2.75, 3.05) is 14.2 Å². The number of rotatable bonds is 9. The minimum Gasteiger partial charge on any atom is -0.381 e. The van der Waals surface area contributed by atoms with Crippen LogP contribution in [0.5, 0.6) is 0 Å². The van der Waals surface area contributed by atoms with Gasteiger partial charge in [0, 0.05) is 14.2 Å². The van der Waals surface area contributed by atoms with Crippen molar-refractivity contribution in [1.82, 2.24) is 0 Å². The van der Waals surface area contributed by atoms with E-state index in [0.717, 1.165) is 11.8 Å². The lowest BCUT2D eigenvalue weighted by Gasteiger charge is -2.47. The lowest BCUT2D eigenvalue weighted by molar-refractivity contribution is -0.111.